The van der Waals surface area contributed by atoms with E-state index in [9.17, 15) is 0 Å². The first-order valence-corrected chi connectivity index (χ1v) is 8.77. The molecule has 1 aliphatic heterocycles. The summed E-state index contributed by atoms with van der Waals surface area (Å²) in [6.07, 6.45) is 3.98. The van der Waals surface area contributed by atoms with E-state index in [1.165, 1.54) is 0 Å². The molecule has 0 radical (unpaired) electrons. The summed E-state index contributed by atoms with van der Waals surface area (Å²) >= 11 is 0. The maximum atomic E-state index is 6.16. The highest BCUT2D eigenvalue weighted by Gasteiger charge is 2.25. The van der Waals surface area contributed by atoms with Crippen molar-refractivity contribution < 1.29 is 14.2 Å². The molecule has 0 aliphatic carbocycles. The molecule has 0 saturated heterocycles. The quantitative estimate of drug-likeness (QED) is 0.479. The van der Waals surface area contributed by atoms with Crippen LogP contribution in [-0.4, -0.2) is 38.8 Å². The fourth-order valence-corrected chi connectivity index (χ4v) is 3.49. The Morgan fingerprint density at radius 3 is 2.79 bits per heavy atom. The topological polar surface area (TPSA) is 83.7 Å². The molecule has 0 N–H and O–H groups in total. The third kappa shape index (κ3) is 2.45. The number of pyridine rings is 1. The highest BCUT2D eigenvalue weighted by atomic mass is 16.5. The van der Waals surface area contributed by atoms with Crippen molar-refractivity contribution in [3.8, 4) is 34.5 Å². The summed E-state index contributed by atoms with van der Waals surface area (Å²) in [6.45, 7) is 1.91. The van der Waals surface area contributed by atoms with Crippen molar-refractivity contribution in [2.75, 3.05) is 14.2 Å². The molecule has 4 heterocycles. The van der Waals surface area contributed by atoms with Gasteiger partial charge in [-0.2, -0.15) is 4.98 Å². The number of aromatic nitrogens is 5. The van der Waals surface area contributed by atoms with Crippen LogP contribution in [0.25, 0.3) is 16.9 Å². The zero-order chi connectivity index (χ0) is 19.3. The van der Waals surface area contributed by atoms with E-state index >= 15 is 0 Å². The van der Waals surface area contributed by atoms with Crippen molar-refractivity contribution in [1.29, 1.82) is 0 Å². The number of benzene rings is 1. The van der Waals surface area contributed by atoms with Gasteiger partial charge in [0.2, 0.25) is 5.88 Å². The Balaban J connectivity index is 1.76. The largest absolute Gasteiger partial charge is 0.493 e. The number of ether oxygens (including phenoxy) is 3. The molecular formula is C20H17N5O3. The molecule has 8 heteroatoms. The minimum absolute atomic E-state index is 0.447. The van der Waals surface area contributed by atoms with Crippen LogP contribution in [0.15, 0.2) is 36.7 Å². The van der Waals surface area contributed by atoms with E-state index in [1.54, 1.807) is 37.2 Å². The van der Waals surface area contributed by atoms with Gasteiger partial charge in [0, 0.05) is 36.0 Å². The number of fused-ring (bicyclic) bond motifs is 2. The SMILES string of the molecule is COc1cc2cc(c1OC)Cc1nc(C)n3nc(-c4cccnc4)nc(c13)O2. The maximum Gasteiger partial charge on any atom is 0.249 e. The zero-order valence-corrected chi connectivity index (χ0v) is 15.6. The van der Waals surface area contributed by atoms with Gasteiger partial charge in [0.1, 0.15) is 11.6 Å². The molecule has 0 unspecified atom stereocenters. The summed E-state index contributed by atoms with van der Waals surface area (Å²) in [4.78, 5) is 13.5. The third-order valence-electron chi connectivity index (χ3n) is 4.71. The van der Waals surface area contributed by atoms with Gasteiger partial charge < -0.3 is 14.2 Å². The van der Waals surface area contributed by atoms with E-state index in [-0.39, 0.29) is 0 Å². The number of methoxy groups -OCH3 is 2. The van der Waals surface area contributed by atoms with Crippen LogP contribution in [0.2, 0.25) is 0 Å². The highest BCUT2D eigenvalue weighted by Crippen LogP contribution is 2.41. The molecule has 3 aromatic heterocycles. The van der Waals surface area contributed by atoms with E-state index in [1.807, 2.05) is 25.1 Å². The fraction of sp³-hybridized carbons (Fsp3) is 0.200. The minimum Gasteiger partial charge on any atom is -0.493 e. The molecule has 2 bridgehead atoms. The predicted octanol–water partition coefficient (Wildman–Crippen LogP) is 3.21. The molecular weight excluding hydrogens is 358 g/mol. The fourth-order valence-electron chi connectivity index (χ4n) is 3.49. The Labute approximate surface area is 160 Å². The van der Waals surface area contributed by atoms with E-state index in [0.29, 0.717) is 35.4 Å². The molecule has 1 aromatic carbocycles. The first-order chi connectivity index (χ1) is 13.7. The van der Waals surface area contributed by atoms with Gasteiger partial charge in [0.15, 0.2) is 22.8 Å². The average Bonchev–Trinajstić information content (AvgIpc) is 3.03. The van der Waals surface area contributed by atoms with Crippen LogP contribution in [0, 0.1) is 6.92 Å². The molecule has 0 fully saturated rings. The maximum absolute atomic E-state index is 6.16. The molecule has 0 amide bonds. The van der Waals surface area contributed by atoms with Gasteiger partial charge in [-0.05, 0) is 25.1 Å². The summed E-state index contributed by atoms with van der Waals surface area (Å²) in [5.74, 6) is 3.61. The smallest absolute Gasteiger partial charge is 0.249 e. The van der Waals surface area contributed by atoms with Crippen LogP contribution in [-0.2, 0) is 6.42 Å². The lowest BCUT2D eigenvalue weighted by Gasteiger charge is -2.18. The molecule has 1 aliphatic rings. The Hall–Kier alpha value is -3.68. The summed E-state index contributed by atoms with van der Waals surface area (Å²) in [5, 5.41) is 4.66. The molecule has 5 rings (SSSR count). The standard InChI is InChI=1S/C20H17N5O3/c1-11-22-15-8-13-7-14(9-16(26-2)18(13)27-3)28-20-17(15)25(11)24-19(23-20)12-5-4-6-21-10-12/h4-7,9-10H,8H2,1-3H3. The van der Waals surface area contributed by atoms with Crippen molar-refractivity contribution in [1.82, 2.24) is 24.6 Å². The minimum atomic E-state index is 0.447. The van der Waals surface area contributed by atoms with Gasteiger partial charge in [0.05, 0.1) is 19.9 Å². The van der Waals surface area contributed by atoms with E-state index in [4.69, 9.17) is 19.2 Å². The van der Waals surface area contributed by atoms with Crippen LogP contribution in [0.4, 0.5) is 0 Å². The van der Waals surface area contributed by atoms with Crippen LogP contribution in [0.3, 0.4) is 0 Å². The number of nitrogens with zero attached hydrogens (tertiary/aromatic N) is 5. The van der Waals surface area contributed by atoms with Crippen LogP contribution in [0.1, 0.15) is 17.1 Å². The third-order valence-corrected chi connectivity index (χ3v) is 4.71. The molecule has 0 saturated carbocycles. The first kappa shape index (κ1) is 16.5. The highest BCUT2D eigenvalue weighted by molar-refractivity contribution is 5.68. The van der Waals surface area contributed by atoms with Gasteiger partial charge >= 0.3 is 0 Å². The monoisotopic (exact) mass is 375 g/mol. The summed E-state index contributed by atoms with van der Waals surface area (Å²) in [7, 11) is 3.23. The van der Waals surface area contributed by atoms with Gasteiger partial charge in [-0.1, -0.05) is 0 Å². The van der Waals surface area contributed by atoms with E-state index in [2.05, 4.69) is 15.1 Å². The Kier molecular flexibility index (Phi) is 3.65. The lowest BCUT2D eigenvalue weighted by Crippen LogP contribution is -2.06. The molecule has 28 heavy (non-hydrogen) atoms. The van der Waals surface area contributed by atoms with Crippen molar-refractivity contribution >= 4 is 5.52 Å². The summed E-state index contributed by atoms with van der Waals surface area (Å²) < 4.78 is 19.0. The number of aryl methyl sites for hydroxylation is 1. The van der Waals surface area contributed by atoms with Crippen molar-refractivity contribution in [2.24, 2.45) is 0 Å². The van der Waals surface area contributed by atoms with E-state index in [0.717, 1.165) is 28.2 Å². The van der Waals surface area contributed by atoms with Gasteiger partial charge in [-0.25, -0.2) is 9.50 Å². The lowest BCUT2D eigenvalue weighted by atomic mass is 10.1. The zero-order valence-electron chi connectivity index (χ0n) is 15.6. The summed E-state index contributed by atoms with van der Waals surface area (Å²) in [6, 6.07) is 7.47. The van der Waals surface area contributed by atoms with Gasteiger partial charge in [0.25, 0.3) is 0 Å². The van der Waals surface area contributed by atoms with Crippen molar-refractivity contribution in [2.45, 2.75) is 13.3 Å². The number of hydrogen-bond donors (Lipinski definition) is 0. The molecule has 0 atom stereocenters. The van der Waals surface area contributed by atoms with Gasteiger partial charge in [-0.3, -0.25) is 4.98 Å². The molecule has 8 nitrogen and oxygen atoms in total. The molecule has 4 aromatic rings. The number of rotatable bonds is 3. The Morgan fingerprint density at radius 2 is 2.04 bits per heavy atom. The number of hydrogen-bond acceptors (Lipinski definition) is 7. The average molecular weight is 375 g/mol. The Bertz CT molecular complexity index is 1200. The summed E-state index contributed by atoms with van der Waals surface area (Å²) in [5.41, 5.74) is 3.30. The van der Waals surface area contributed by atoms with Crippen molar-refractivity contribution in [3.63, 3.8) is 0 Å². The van der Waals surface area contributed by atoms with Crippen LogP contribution < -0.4 is 14.2 Å². The second-order valence-electron chi connectivity index (χ2n) is 6.45. The van der Waals surface area contributed by atoms with Crippen LogP contribution >= 0.6 is 0 Å². The molecule has 0 spiro atoms. The molecule has 140 valence electrons. The van der Waals surface area contributed by atoms with Crippen LogP contribution in [0.5, 0.6) is 23.1 Å². The number of imidazole rings is 1. The van der Waals surface area contributed by atoms with Gasteiger partial charge in [-0.15, -0.1) is 5.10 Å². The predicted molar refractivity (Wildman–Crippen MR) is 101 cm³/mol. The first-order valence-electron chi connectivity index (χ1n) is 8.77. The van der Waals surface area contributed by atoms with Crippen molar-refractivity contribution in [3.05, 3.63) is 53.7 Å². The Morgan fingerprint density at radius 1 is 1.14 bits per heavy atom. The normalized spacial score (nSPS) is 12.2. The second kappa shape index (κ2) is 6.19. The second-order valence-corrected chi connectivity index (χ2v) is 6.45. The lowest BCUT2D eigenvalue weighted by molar-refractivity contribution is 0.348. The van der Waals surface area contributed by atoms with E-state index < -0.39 is 0 Å².